The van der Waals surface area contributed by atoms with Crippen LogP contribution in [0.1, 0.15) is 31.7 Å². The van der Waals surface area contributed by atoms with Crippen LogP contribution in [0.3, 0.4) is 0 Å². The lowest BCUT2D eigenvalue weighted by atomic mass is 9.98. The van der Waals surface area contributed by atoms with Gasteiger partial charge in [0.15, 0.2) is 0 Å². The number of nitrogens with one attached hydrogen (secondary N) is 1. The van der Waals surface area contributed by atoms with Crippen molar-refractivity contribution >= 4 is 5.91 Å². The van der Waals surface area contributed by atoms with Gasteiger partial charge >= 0.3 is 0 Å². The second-order valence-electron chi connectivity index (χ2n) is 7.40. The fourth-order valence-corrected chi connectivity index (χ4v) is 3.92. The number of hydrogen-bond acceptors (Lipinski definition) is 6. The molecule has 2 saturated heterocycles. The predicted molar refractivity (Wildman–Crippen MR) is 102 cm³/mol. The second-order valence-corrected chi connectivity index (χ2v) is 7.40. The summed E-state index contributed by atoms with van der Waals surface area (Å²) < 4.78 is 5.51. The molecule has 2 atom stereocenters. The molecule has 0 bridgehead atoms. The van der Waals surface area contributed by atoms with E-state index in [1.54, 1.807) is 0 Å². The molecule has 1 N–H and O–H groups in total. The highest BCUT2D eigenvalue weighted by atomic mass is 16.5. The van der Waals surface area contributed by atoms with Gasteiger partial charge in [0.1, 0.15) is 0 Å². The normalized spacial score (nSPS) is 22.6. The van der Waals surface area contributed by atoms with Crippen molar-refractivity contribution in [3.63, 3.8) is 0 Å². The summed E-state index contributed by atoms with van der Waals surface area (Å²) in [6.07, 6.45) is 2.10. The molecule has 0 saturated carbocycles. The Hall–Kier alpha value is -2.25. The van der Waals surface area contributed by atoms with Crippen LogP contribution in [0.5, 0.6) is 0 Å². The highest BCUT2D eigenvalue weighted by Gasteiger charge is 2.31. The smallest absolute Gasteiger partial charge is 0.244 e. The third-order valence-electron chi connectivity index (χ3n) is 5.65. The summed E-state index contributed by atoms with van der Waals surface area (Å²) in [5.74, 6) is 1.70. The molecule has 7 heteroatoms. The molecule has 2 aromatic rings. The first-order chi connectivity index (χ1) is 13.2. The standard InChI is InChI=1S/C20H27N5O2/c1-15(19-22-18(23-27-19)16-6-3-2-4-7-16)24-10-12-25(13-11-24)20(26)17-8-5-9-21-14-17/h2-4,6-7,15,17,21H,5,8-14H2,1H3. The largest absolute Gasteiger partial charge is 0.340 e. The van der Waals surface area contributed by atoms with Crippen molar-refractivity contribution in [3.05, 3.63) is 36.2 Å². The van der Waals surface area contributed by atoms with E-state index >= 15 is 0 Å². The van der Waals surface area contributed by atoms with E-state index in [9.17, 15) is 4.79 Å². The lowest BCUT2D eigenvalue weighted by molar-refractivity contribution is -0.138. The fourth-order valence-electron chi connectivity index (χ4n) is 3.92. The van der Waals surface area contributed by atoms with Gasteiger partial charge < -0.3 is 14.7 Å². The first-order valence-corrected chi connectivity index (χ1v) is 9.85. The molecular weight excluding hydrogens is 342 g/mol. The zero-order valence-corrected chi connectivity index (χ0v) is 15.8. The molecule has 2 aliphatic rings. The summed E-state index contributed by atoms with van der Waals surface area (Å²) in [6.45, 7) is 7.12. The minimum atomic E-state index is 0.0450. The van der Waals surface area contributed by atoms with Crippen LogP contribution in [0.4, 0.5) is 0 Å². The minimum absolute atomic E-state index is 0.0450. The summed E-state index contributed by atoms with van der Waals surface area (Å²) in [5.41, 5.74) is 0.955. The highest BCUT2D eigenvalue weighted by Crippen LogP contribution is 2.24. The Kier molecular flexibility index (Phi) is 5.50. The molecule has 0 spiro atoms. The van der Waals surface area contributed by atoms with E-state index in [1.807, 2.05) is 35.2 Å². The van der Waals surface area contributed by atoms with Gasteiger partial charge in [-0.25, -0.2) is 0 Å². The molecule has 0 aliphatic carbocycles. The fraction of sp³-hybridized carbons (Fsp3) is 0.550. The molecular formula is C20H27N5O2. The maximum atomic E-state index is 12.7. The zero-order chi connectivity index (χ0) is 18.6. The van der Waals surface area contributed by atoms with E-state index in [4.69, 9.17) is 4.52 Å². The van der Waals surface area contributed by atoms with Crippen molar-refractivity contribution in [2.24, 2.45) is 5.92 Å². The van der Waals surface area contributed by atoms with E-state index in [1.165, 1.54) is 0 Å². The van der Waals surface area contributed by atoms with Gasteiger partial charge in [-0.3, -0.25) is 9.69 Å². The van der Waals surface area contributed by atoms with E-state index in [-0.39, 0.29) is 12.0 Å². The third kappa shape index (κ3) is 4.04. The Labute approximate surface area is 159 Å². The molecule has 2 fully saturated rings. The molecule has 1 amide bonds. The number of benzene rings is 1. The molecule has 2 aliphatic heterocycles. The lowest BCUT2D eigenvalue weighted by Gasteiger charge is -2.38. The minimum Gasteiger partial charge on any atom is -0.340 e. The molecule has 144 valence electrons. The number of hydrogen-bond donors (Lipinski definition) is 1. The predicted octanol–water partition coefficient (Wildman–Crippen LogP) is 1.94. The molecule has 7 nitrogen and oxygen atoms in total. The quantitative estimate of drug-likeness (QED) is 0.888. The van der Waals surface area contributed by atoms with Crippen molar-refractivity contribution in [1.29, 1.82) is 0 Å². The molecule has 1 aromatic heterocycles. The van der Waals surface area contributed by atoms with Gasteiger partial charge in [-0.2, -0.15) is 4.98 Å². The highest BCUT2D eigenvalue weighted by molar-refractivity contribution is 5.79. The summed E-state index contributed by atoms with van der Waals surface area (Å²) >= 11 is 0. The Morgan fingerprint density at radius 2 is 2.00 bits per heavy atom. The first kappa shape index (κ1) is 18.1. The number of carbonyl (C=O) groups is 1. The number of aromatic nitrogens is 2. The monoisotopic (exact) mass is 369 g/mol. The van der Waals surface area contributed by atoms with Crippen LogP contribution in [0.25, 0.3) is 11.4 Å². The number of carbonyl (C=O) groups excluding carboxylic acids is 1. The van der Waals surface area contributed by atoms with Gasteiger partial charge in [-0.15, -0.1) is 0 Å². The average Bonchev–Trinajstić information content (AvgIpc) is 3.24. The van der Waals surface area contributed by atoms with Crippen LogP contribution in [-0.2, 0) is 4.79 Å². The SMILES string of the molecule is CC(c1nc(-c2ccccc2)no1)N1CCN(C(=O)C2CCCNC2)CC1. The van der Waals surface area contributed by atoms with E-state index in [2.05, 4.69) is 27.3 Å². The topological polar surface area (TPSA) is 74.5 Å². The van der Waals surface area contributed by atoms with Crippen molar-refractivity contribution in [2.75, 3.05) is 39.3 Å². The summed E-state index contributed by atoms with van der Waals surface area (Å²) in [7, 11) is 0. The molecule has 3 heterocycles. The van der Waals surface area contributed by atoms with Gasteiger partial charge in [-0.1, -0.05) is 35.5 Å². The van der Waals surface area contributed by atoms with Crippen LogP contribution < -0.4 is 5.32 Å². The number of piperazine rings is 1. The van der Waals surface area contributed by atoms with Gasteiger partial charge in [0.2, 0.25) is 17.6 Å². The van der Waals surface area contributed by atoms with Crippen LogP contribution >= 0.6 is 0 Å². The molecule has 1 aromatic carbocycles. The van der Waals surface area contributed by atoms with Crippen LogP contribution in [-0.4, -0.2) is 65.1 Å². The third-order valence-corrected chi connectivity index (χ3v) is 5.65. The zero-order valence-electron chi connectivity index (χ0n) is 15.8. The first-order valence-electron chi connectivity index (χ1n) is 9.85. The van der Waals surface area contributed by atoms with E-state index < -0.39 is 0 Å². The summed E-state index contributed by atoms with van der Waals surface area (Å²) in [4.78, 5) is 21.6. The maximum absolute atomic E-state index is 12.7. The van der Waals surface area contributed by atoms with E-state index in [0.717, 1.165) is 57.7 Å². The van der Waals surface area contributed by atoms with Gasteiger partial charge in [0, 0.05) is 38.3 Å². The average molecular weight is 369 g/mol. The molecule has 27 heavy (non-hydrogen) atoms. The Balaban J connectivity index is 1.34. The molecule has 4 rings (SSSR count). The number of piperidine rings is 1. The Morgan fingerprint density at radius 1 is 1.22 bits per heavy atom. The Bertz CT molecular complexity index is 749. The summed E-state index contributed by atoms with van der Waals surface area (Å²) in [6, 6.07) is 9.90. The van der Waals surface area contributed by atoms with Crippen molar-refractivity contribution in [2.45, 2.75) is 25.8 Å². The van der Waals surface area contributed by atoms with Crippen molar-refractivity contribution < 1.29 is 9.32 Å². The van der Waals surface area contributed by atoms with Crippen LogP contribution in [0, 0.1) is 5.92 Å². The number of rotatable bonds is 4. The molecule has 2 unspecified atom stereocenters. The van der Waals surface area contributed by atoms with E-state index in [0.29, 0.717) is 17.6 Å². The molecule has 0 radical (unpaired) electrons. The summed E-state index contributed by atoms with van der Waals surface area (Å²) in [5, 5.41) is 7.46. The van der Waals surface area contributed by atoms with Crippen LogP contribution in [0.2, 0.25) is 0 Å². The van der Waals surface area contributed by atoms with Gasteiger partial charge in [0.05, 0.1) is 12.0 Å². The Morgan fingerprint density at radius 3 is 2.70 bits per heavy atom. The number of nitrogens with zero attached hydrogens (tertiary/aromatic N) is 4. The number of amides is 1. The van der Waals surface area contributed by atoms with Gasteiger partial charge in [-0.05, 0) is 26.3 Å². The lowest BCUT2D eigenvalue weighted by Crippen LogP contribution is -2.52. The van der Waals surface area contributed by atoms with Gasteiger partial charge in [0.25, 0.3) is 0 Å². The van der Waals surface area contributed by atoms with Crippen LogP contribution in [0.15, 0.2) is 34.9 Å². The maximum Gasteiger partial charge on any atom is 0.244 e. The van der Waals surface area contributed by atoms with Crippen molar-refractivity contribution in [3.8, 4) is 11.4 Å². The second kappa shape index (κ2) is 8.19. The van der Waals surface area contributed by atoms with Crippen molar-refractivity contribution in [1.82, 2.24) is 25.3 Å².